The number of ether oxygens (including phenoxy) is 1. The lowest BCUT2D eigenvalue weighted by Crippen LogP contribution is -2.47. The maximum atomic E-state index is 13.2. The van der Waals surface area contributed by atoms with Crippen molar-refractivity contribution in [2.24, 2.45) is 13.0 Å². The van der Waals surface area contributed by atoms with Crippen LogP contribution in [-0.4, -0.2) is 75.2 Å². The van der Waals surface area contributed by atoms with Crippen LogP contribution in [0.4, 0.5) is 0 Å². The highest BCUT2D eigenvalue weighted by atomic mass is 16.5. The number of amides is 2. The van der Waals surface area contributed by atoms with Gasteiger partial charge in [-0.05, 0) is 83.5 Å². The molecule has 0 spiro atoms. The van der Waals surface area contributed by atoms with E-state index in [0.717, 1.165) is 81.6 Å². The molecule has 0 radical (unpaired) electrons. The highest BCUT2D eigenvalue weighted by Gasteiger charge is 2.32. The van der Waals surface area contributed by atoms with Crippen molar-refractivity contribution >= 4 is 22.8 Å². The SMILES string of the molecule is Cn1c(=O)n(C2CCC(=O)NC2=O)c2cccc(CN3CCC(COC4CCN(C(C)(C)C)CC4)CC3)c21. The number of likely N-dealkylation sites (tertiary alicyclic amines) is 2. The molecule has 9 heteroatoms. The minimum atomic E-state index is -0.657. The van der Waals surface area contributed by atoms with Crippen LogP contribution in [0.1, 0.15) is 70.9 Å². The van der Waals surface area contributed by atoms with Crippen molar-refractivity contribution in [1.82, 2.24) is 24.3 Å². The molecule has 1 aromatic heterocycles. The first-order chi connectivity index (χ1) is 18.1. The molecule has 208 valence electrons. The summed E-state index contributed by atoms with van der Waals surface area (Å²) in [6.45, 7) is 12.7. The minimum Gasteiger partial charge on any atom is -0.378 e. The Morgan fingerprint density at radius 3 is 2.34 bits per heavy atom. The van der Waals surface area contributed by atoms with Crippen molar-refractivity contribution in [2.45, 2.75) is 83.5 Å². The van der Waals surface area contributed by atoms with Gasteiger partial charge in [0.05, 0.1) is 17.1 Å². The van der Waals surface area contributed by atoms with E-state index in [1.807, 2.05) is 12.1 Å². The van der Waals surface area contributed by atoms with E-state index in [1.165, 1.54) is 0 Å². The van der Waals surface area contributed by atoms with Crippen LogP contribution in [0, 0.1) is 5.92 Å². The fourth-order valence-electron chi connectivity index (χ4n) is 6.39. The molecule has 5 rings (SSSR count). The summed E-state index contributed by atoms with van der Waals surface area (Å²) in [5.41, 5.74) is 2.74. The maximum absolute atomic E-state index is 13.2. The Hall–Kier alpha value is -2.49. The first kappa shape index (κ1) is 27.1. The van der Waals surface area contributed by atoms with Crippen LogP contribution in [0.5, 0.6) is 0 Å². The zero-order chi connectivity index (χ0) is 27.0. The second-order valence-electron chi connectivity index (χ2n) is 12.4. The van der Waals surface area contributed by atoms with Crippen LogP contribution in [0.15, 0.2) is 23.0 Å². The van der Waals surface area contributed by atoms with Crippen molar-refractivity contribution < 1.29 is 14.3 Å². The Morgan fingerprint density at radius 2 is 1.68 bits per heavy atom. The number of aryl methyl sites for hydroxylation is 1. The number of rotatable bonds is 6. The van der Waals surface area contributed by atoms with Crippen molar-refractivity contribution in [1.29, 1.82) is 0 Å². The molecule has 1 N–H and O–H groups in total. The molecule has 0 bridgehead atoms. The molecule has 0 saturated carbocycles. The number of nitrogens with zero attached hydrogens (tertiary/aromatic N) is 4. The van der Waals surface area contributed by atoms with Gasteiger partial charge >= 0.3 is 5.69 Å². The molecular weight excluding hydrogens is 482 g/mol. The second-order valence-corrected chi connectivity index (χ2v) is 12.4. The summed E-state index contributed by atoms with van der Waals surface area (Å²) >= 11 is 0. The molecule has 9 nitrogen and oxygen atoms in total. The van der Waals surface area contributed by atoms with Crippen molar-refractivity contribution in [3.8, 4) is 0 Å². The van der Waals surface area contributed by atoms with Gasteiger partial charge in [-0.1, -0.05) is 12.1 Å². The van der Waals surface area contributed by atoms with Gasteiger partial charge in [0.1, 0.15) is 6.04 Å². The lowest BCUT2D eigenvalue weighted by atomic mass is 9.96. The summed E-state index contributed by atoms with van der Waals surface area (Å²) < 4.78 is 9.58. The molecular formula is C29H43N5O4. The first-order valence-corrected chi connectivity index (χ1v) is 14.2. The zero-order valence-corrected chi connectivity index (χ0v) is 23.4. The Labute approximate surface area is 225 Å². The van der Waals surface area contributed by atoms with Crippen LogP contribution in [0.25, 0.3) is 11.0 Å². The van der Waals surface area contributed by atoms with Gasteiger partial charge in [-0.15, -0.1) is 0 Å². The van der Waals surface area contributed by atoms with Gasteiger partial charge in [0.25, 0.3) is 0 Å². The van der Waals surface area contributed by atoms with E-state index in [4.69, 9.17) is 4.74 Å². The lowest BCUT2D eigenvalue weighted by Gasteiger charge is -2.41. The van der Waals surface area contributed by atoms with E-state index in [0.29, 0.717) is 18.4 Å². The number of para-hydroxylation sites is 1. The molecule has 3 aliphatic heterocycles. The van der Waals surface area contributed by atoms with Gasteiger partial charge in [-0.3, -0.25) is 33.8 Å². The third kappa shape index (κ3) is 5.60. The summed E-state index contributed by atoms with van der Waals surface area (Å²) in [5.74, 6) is -0.0779. The molecule has 2 aromatic rings. The van der Waals surface area contributed by atoms with Crippen molar-refractivity contribution in [3.05, 3.63) is 34.2 Å². The van der Waals surface area contributed by atoms with Crippen LogP contribution >= 0.6 is 0 Å². The number of hydrogen-bond acceptors (Lipinski definition) is 6. The van der Waals surface area contributed by atoms with Crippen LogP contribution in [0.2, 0.25) is 0 Å². The molecule has 1 unspecified atom stereocenters. The smallest absolute Gasteiger partial charge is 0.329 e. The largest absolute Gasteiger partial charge is 0.378 e. The highest BCUT2D eigenvalue weighted by Crippen LogP contribution is 2.28. The number of benzene rings is 1. The Kier molecular flexibility index (Phi) is 7.80. The topological polar surface area (TPSA) is 88.8 Å². The van der Waals surface area contributed by atoms with E-state index in [1.54, 1.807) is 16.2 Å². The number of imide groups is 1. The quantitative estimate of drug-likeness (QED) is 0.584. The van der Waals surface area contributed by atoms with Gasteiger partial charge < -0.3 is 4.74 Å². The number of fused-ring (bicyclic) bond motifs is 1. The number of aromatic nitrogens is 2. The number of carbonyl (C=O) groups excluding carboxylic acids is 2. The Balaban J connectivity index is 1.18. The van der Waals surface area contributed by atoms with Crippen molar-refractivity contribution in [2.75, 3.05) is 32.8 Å². The average molecular weight is 526 g/mol. The van der Waals surface area contributed by atoms with Gasteiger partial charge in [0.15, 0.2) is 0 Å². The van der Waals surface area contributed by atoms with E-state index in [9.17, 15) is 14.4 Å². The maximum Gasteiger partial charge on any atom is 0.329 e. The first-order valence-electron chi connectivity index (χ1n) is 14.2. The van der Waals surface area contributed by atoms with E-state index >= 15 is 0 Å². The summed E-state index contributed by atoms with van der Waals surface area (Å²) in [6, 6.07) is 5.29. The monoisotopic (exact) mass is 525 g/mol. The van der Waals surface area contributed by atoms with Crippen LogP contribution in [-0.2, 0) is 27.9 Å². The van der Waals surface area contributed by atoms with Gasteiger partial charge in [-0.2, -0.15) is 0 Å². The number of piperidine rings is 3. The molecule has 4 heterocycles. The number of nitrogens with one attached hydrogen (secondary N) is 1. The standard InChI is InChI=1S/C29H43N5O4/c1-29(2,3)33-16-12-22(13-17-33)38-19-20-10-14-32(15-11-20)18-21-6-5-7-23-26(21)31(4)28(37)34(23)24-8-9-25(35)30-27(24)36/h5-7,20,22,24H,8-19H2,1-4H3,(H,30,35,36). The summed E-state index contributed by atoms with van der Waals surface area (Å²) in [5, 5.41) is 2.38. The predicted molar refractivity (Wildman–Crippen MR) is 147 cm³/mol. The summed E-state index contributed by atoms with van der Waals surface area (Å²) in [6.07, 6.45) is 5.46. The average Bonchev–Trinajstić information content (AvgIpc) is 3.14. The molecule has 38 heavy (non-hydrogen) atoms. The molecule has 2 amide bonds. The third-order valence-electron chi connectivity index (χ3n) is 8.77. The van der Waals surface area contributed by atoms with E-state index in [2.05, 4.69) is 42.0 Å². The predicted octanol–water partition coefficient (Wildman–Crippen LogP) is 2.81. The van der Waals surface area contributed by atoms with Gasteiger partial charge in [0, 0.05) is 45.2 Å². The summed E-state index contributed by atoms with van der Waals surface area (Å²) in [4.78, 5) is 42.4. The van der Waals surface area contributed by atoms with Crippen LogP contribution in [0.3, 0.4) is 0 Å². The third-order valence-corrected chi connectivity index (χ3v) is 8.77. The molecule has 3 aliphatic rings. The molecule has 1 atom stereocenters. The van der Waals surface area contributed by atoms with Crippen LogP contribution < -0.4 is 11.0 Å². The molecule has 0 aliphatic carbocycles. The van der Waals surface area contributed by atoms with Crippen molar-refractivity contribution in [3.63, 3.8) is 0 Å². The molecule has 1 aromatic carbocycles. The lowest BCUT2D eigenvalue weighted by molar-refractivity contribution is -0.135. The number of hydrogen-bond donors (Lipinski definition) is 1. The zero-order valence-electron chi connectivity index (χ0n) is 23.4. The fourth-order valence-corrected chi connectivity index (χ4v) is 6.39. The minimum absolute atomic E-state index is 0.217. The Bertz CT molecular complexity index is 1230. The fraction of sp³-hybridized carbons (Fsp3) is 0.690. The molecule has 3 fully saturated rings. The Morgan fingerprint density at radius 1 is 0.974 bits per heavy atom. The van der Waals surface area contributed by atoms with E-state index < -0.39 is 11.9 Å². The normalized spacial score (nSPS) is 23.3. The number of imidazole rings is 1. The van der Waals surface area contributed by atoms with Gasteiger partial charge in [-0.25, -0.2) is 4.79 Å². The highest BCUT2D eigenvalue weighted by molar-refractivity contribution is 6.00. The second kappa shape index (κ2) is 10.9. The van der Waals surface area contributed by atoms with E-state index in [-0.39, 0.29) is 23.6 Å². The molecule has 3 saturated heterocycles. The summed E-state index contributed by atoms with van der Waals surface area (Å²) in [7, 11) is 1.77. The van der Waals surface area contributed by atoms with Gasteiger partial charge in [0.2, 0.25) is 11.8 Å². The number of carbonyl (C=O) groups is 2.